The van der Waals surface area contributed by atoms with E-state index in [0.717, 1.165) is 38.5 Å². The molecule has 5 nitrogen and oxygen atoms in total. The molecule has 110 valence electrons. The fraction of sp³-hybridized carbons (Fsp3) is 0.533. The van der Waals surface area contributed by atoms with E-state index < -0.39 is 0 Å². The second-order valence-corrected chi connectivity index (χ2v) is 4.92. The monoisotopic (exact) mass is 277 g/mol. The van der Waals surface area contributed by atoms with Crippen LogP contribution < -0.4 is 10.5 Å². The maximum atomic E-state index is 12.1. The van der Waals surface area contributed by atoms with Gasteiger partial charge in [0.25, 0.3) is 0 Å². The number of carbonyl (C=O) groups is 1. The van der Waals surface area contributed by atoms with Crippen LogP contribution in [-0.4, -0.2) is 61.6 Å². The number of benzene rings is 1. The average Bonchev–Trinajstić information content (AvgIpc) is 2.49. The molecule has 0 atom stereocenters. The summed E-state index contributed by atoms with van der Waals surface area (Å²) in [6, 6.07) is 9.59. The van der Waals surface area contributed by atoms with Crippen LogP contribution in [0.15, 0.2) is 30.3 Å². The number of para-hydroxylation sites is 1. The molecule has 1 saturated heterocycles. The highest BCUT2D eigenvalue weighted by Gasteiger charge is 2.20. The fourth-order valence-corrected chi connectivity index (χ4v) is 2.33. The van der Waals surface area contributed by atoms with Crippen molar-refractivity contribution >= 4 is 5.91 Å². The Morgan fingerprint density at radius 1 is 1.15 bits per heavy atom. The molecule has 1 aromatic rings. The van der Waals surface area contributed by atoms with E-state index >= 15 is 0 Å². The van der Waals surface area contributed by atoms with Gasteiger partial charge in [0, 0.05) is 39.3 Å². The van der Waals surface area contributed by atoms with Crippen LogP contribution in [0.4, 0.5) is 0 Å². The van der Waals surface area contributed by atoms with E-state index in [1.54, 1.807) is 0 Å². The van der Waals surface area contributed by atoms with Crippen LogP contribution in [0, 0.1) is 0 Å². The molecule has 0 aromatic heterocycles. The second-order valence-electron chi connectivity index (χ2n) is 4.92. The van der Waals surface area contributed by atoms with Crippen LogP contribution in [0.1, 0.15) is 6.42 Å². The van der Waals surface area contributed by atoms with E-state index in [2.05, 4.69) is 4.90 Å². The fourth-order valence-electron chi connectivity index (χ4n) is 2.33. The number of nitrogens with two attached hydrogens (primary N) is 1. The van der Waals surface area contributed by atoms with Gasteiger partial charge < -0.3 is 15.4 Å². The maximum absolute atomic E-state index is 12.1. The van der Waals surface area contributed by atoms with Crippen molar-refractivity contribution in [2.45, 2.75) is 6.42 Å². The molecule has 0 spiro atoms. The number of ether oxygens (including phenoxy) is 1. The lowest BCUT2D eigenvalue weighted by Crippen LogP contribution is -2.49. The Balaban J connectivity index is 1.66. The molecule has 1 heterocycles. The highest BCUT2D eigenvalue weighted by Crippen LogP contribution is 2.09. The Kier molecular flexibility index (Phi) is 5.83. The second kappa shape index (κ2) is 7.87. The van der Waals surface area contributed by atoms with Gasteiger partial charge in [-0.25, -0.2) is 0 Å². The molecule has 0 bridgehead atoms. The van der Waals surface area contributed by atoms with E-state index in [0.29, 0.717) is 19.6 Å². The molecule has 1 aliphatic heterocycles. The first-order valence-corrected chi connectivity index (χ1v) is 7.17. The van der Waals surface area contributed by atoms with Crippen molar-refractivity contribution in [2.75, 3.05) is 45.9 Å². The summed E-state index contributed by atoms with van der Waals surface area (Å²) in [5.41, 5.74) is 5.54. The largest absolute Gasteiger partial charge is 0.493 e. The molecule has 2 rings (SSSR count). The summed E-state index contributed by atoms with van der Waals surface area (Å²) in [6.45, 7) is 5.46. The first kappa shape index (κ1) is 14.8. The summed E-state index contributed by atoms with van der Waals surface area (Å²) >= 11 is 0. The summed E-state index contributed by atoms with van der Waals surface area (Å²) in [6.07, 6.45) is 0.436. The molecule has 0 saturated carbocycles. The van der Waals surface area contributed by atoms with Crippen LogP contribution in [0.2, 0.25) is 0 Å². The third-order valence-electron chi connectivity index (χ3n) is 3.50. The molecule has 2 N–H and O–H groups in total. The molecule has 1 fully saturated rings. The topological polar surface area (TPSA) is 58.8 Å². The van der Waals surface area contributed by atoms with E-state index in [1.807, 2.05) is 35.2 Å². The van der Waals surface area contributed by atoms with E-state index in [-0.39, 0.29) is 5.91 Å². The summed E-state index contributed by atoms with van der Waals surface area (Å²) in [5, 5.41) is 0. The number of carbonyl (C=O) groups excluding carboxylic acids is 1. The van der Waals surface area contributed by atoms with Crippen molar-refractivity contribution in [3.63, 3.8) is 0 Å². The van der Waals surface area contributed by atoms with Crippen LogP contribution in [0.25, 0.3) is 0 Å². The zero-order valence-corrected chi connectivity index (χ0v) is 11.8. The minimum absolute atomic E-state index is 0.174. The van der Waals surface area contributed by atoms with Gasteiger partial charge in [-0.2, -0.15) is 0 Å². The van der Waals surface area contributed by atoms with Gasteiger partial charge >= 0.3 is 0 Å². The first-order chi connectivity index (χ1) is 9.79. The predicted molar refractivity (Wildman–Crippen MR) is 78.6 cm³/mol. The molecule has 0 radical (unpaired) electrons. The van der Waals surface area contributed by atoms with Crippen LogP contribution in [0.3, 0.4) is 0 Å². The van der Waals surface area contributed by atoms with Gasteiger partial charge in [0.1, 0.15) is 5.75 Å². The van der Waals surface area contributed by atoms with E-state index in [1.165, 1.54) is 0 Å². The van der Waals surface area contributed by atoms with E-state index in [9.17, 15) is 4.79 Å². The zero-order chi connectivity index (χ0) is 14.2. The van der Waals surface area contributed by atoms with Crippen molar-refractivity contribution in [1.82, 2.24) is 9.80 Å². The Morgan fingerprint density at radius 2 is 1.85 bits per heavy atom. The van der Waals surface area contributed by atoms with Gasteiger partial charge in [-0.3, -0.25) is 9.69 Å². The number of rotatable bonds is 6. The van der Waals surface area contributed by atoms with Gasteiger partial charge in [0.15, 0.2) is 0 Å². The average molecular weight is 277 g/mol. The standard InChI is InChI=1S/C15H23N3O2/c16-7-8-17-9-11-18(12-10-17)15(19)6-13-20-14-4-2-1-3-5-14/h1-5H,6-13,16H2. The molecular formula is C15H23N3O2. The van der Waals surface area contributed by atoms with Gasteiger partial charge in [-0.15, -0.1) is 0 Å². The number of piperazine rings is 1. The number of hydrogen-bond acceptors (Lipinski definition) is 4. The number of hydrogen-bond donors (Lipinski definition) is 1. The Hall–Kier alpha value is -1.59. The summed E-state index contributed by atoms with van der Waals surface area (Å²) < 4.78 is 5.55. The zero-order valence-electron chi connectivity index (χ0n) is 11.8. The molecule has 20 heavy (non-hydrogen) atoms. The van der Waals surface area contributed by atoms with Crippen molar-refractivity contribution in [1.29, 1.82) is 0 Å². The van der Waals surface area contributed by atoms with Crippen molar-refractivity contribution in [3.8, 4) is 5.75 Å². The Morgan fingerprint density at radius 3 is 2.50 bits per heavy atom. The predicted octanol–water partition coefficient (Wildman–Crippen LogP) is 0.558. The van der Waals surface area contributed by atoms with Crippen LogP contribution in [0.5, 0.6) is 5.75 Å². The van der Waals surface area contributed by atoms with Gasteiger partial charge in [0.05, 0.1) is 13.0 Å². The minimum Gasteiger partial charge on any atom is -0.493 e. The molecule has 5 heteroatoms. The third-order valence-corrected chi connectivity index (χ3v) is 3.50. The molecule has 1 amide bonds. The molecular weight excluding hydrogens is 254 g/mol. The van der Waals surface area contributed by atoms with Crippen molar-refractivity contribution in [2.24, 2.45) is 5.73 Å². The molecule has 0 unspecified atom stereocenters. The van der Waals surface area contributed by atoms with Gasteiger partial charge in [0.2, 0.25) is 5.91 Å². The normalized spacial score (nSPS) is 16.1. The highest BCUT2D eigenvalue weighted by molar-refractivity contribution is 5.76. The molecule has 1 aliphatic rings. The smallest absolute Gasteiger partial charge is 0.226 e. The van der Waals surface area contributed by atoms with Crippen molar-refractivity contribution in [3.05, 3.63) is 30.3 Å². The summed E-state index contributed by atoms with van der Waals surface area (Å²) in [5.74, 6) is 0.987. The highest BCUT2D eigenvalue weighted by atomic mass is 16.5. The Bertz CT molecular complexity index is 403. The molecule has 0 aliphatic carbocycles. The van der Waals surface area contributed by atoms with Crippen LogP contribution in [-0.2, 0) is 4.79 Å². The maximum Gasteiger partial charge on any atom is 0.226 e. The minimum atomic E-state index is 0.174. The lowest BCUT2D eigenvalue weighted by molar-refractivity contribution is -0.133. The van der Waals surface area contributed by atoms with Crippen LogP contribution >= 0.6 is 0 Å². The first-order valence-electron chi connectivity index (χ1n) is 7.17. The lowest BCUT2D eigenvalue weighted by atomic mass is 10.3. The Labute approximate surface area is 120 Å². The SMILES string of the molecule is NCCN1CCN(C(=O)CCOc2ccccc2)CC1. The summed E-state index contributed by atoms with van der Waals surface area (Å²) in [4.78, 5) is 16.3. The lowest BCUT2D eigenvalue weighted by Gasteiger charge is -2.34. The van der Waals surface area contributed by atoms with Gasteiger partial charge in [-0.05, 0) is 12.1 Å². The third kappa shape index (κ3) is 4.51. The quantitative estimate of drug-likeness (QED) is 0.825. The molecule has 1 aromatic carbocycles. The number of nitrogens with zero attached hydrogens (tertiary/aromatic N) is 2. The number of amides is 1. The summed E-state index contributed by atoms with van der Waals surface area (Å²) in [7, 11) is 0. The van der Waals surface area contributed by atoms with Crippen molar-refractivity contribution < 1.29 is 9.53 Å². The van der Waals surface area contributed by atoms with Gasteiger partial charge in [-0.1, -0.05) is 18.2 Å². The van der Waals surface area contributed by atoms with E-state index in [4.69, 9.17) is 10.5 Å².